The van der Waals surface area contributed by atoms with Crippen LogP contribution < -0.4 is 0 Å². The van der Waals surface area contributed by atoms with Crippen molar-refractivity contribution in [2.75, 3.05) is 0 Å². The molecule has 0 bridgehead atoms. The molecular formula is C12H7BrClIOS. The third-order valence-electron chi connectivity index (χ3n) is 2.26. The van der Waals surface area contributed by atoms with Crippen molar-refractivity contribution in [3.63, 3.8) is 0 Å². The van der Waals surface area contributed by atoms with E-state index in [2.05, 4.69) is 38.5 Å². The Hall–Kier alpha value is 0.0900. The first kappa shape index (κ1) is 13.5. The minimum absolute atomic E-state index is 0.105. The van der Waals surface area contributed by atoms with Crippen molar-refractivity contribution in [3.8, 4) is 0 Å². The summed E-state index contributed by atoms with van der Waals surface area (Å²) in [5, 5.41) is 2.51. The van der Waals surface area contributed by atoms with Crippen molar-refractivity contribution in [1.29, 1.82) is 0 Å². The molecule has 0 atom stereocenters. The molecule has 1 nitrogen and oxygen atoms in total. The second-order valence-electron chi connectivity index (χ2n) is 3.48. The van der Waals surface area contributed by atoms with Crippen LogP contribution >= 0.6 is 61.5 Å². The van der Waals surface area contributed by atoms with E-state index in [1.165, 1.54) is 0 Å². The lowest BCUT2D eigenvalue weighted by Gasteiger charge is -2.03. The van der Waals surface area contributed by atoms with E-state index >= 15 is 0 Å². The molecule has 1 heterocycles. The van der Waals surface area contributed by atoms with Gasteiger partial charge in [-0.1, -0.05) is 33.6 Å². The van der Waals surface area contributed by atoms with Crippen molar-refractivity contribution in [2.24, 2.45) is 0 Å². The molecule has 5 heteroatoms. The summed E-state index contributed by atoms with van der Waals surface area (Å²) in [4.78, 5) is 12.0. The summed E-state index contributed by atoms with van der Waals surface area (Å²) in [7, 11) is 0. The Kier molecular flexibility index (Phi) is 4.63. The lowest BCUT2D eigenvalue weighted by molar-refractivity contribution is 0.0993. The molecular weight excluding hydrogens is 434 g/mol. The minimum atomic E-state index is 0.105. The molecule has 0 saturated carbocycles. The van der Waals surface area contributed by atoms with Crippen LogP contribution in [0.2, 0.25) is 5.02 Å². The Morgan fingerprint density at radius 2 is 2.18 bits per heavy atom. The molecule has 2 aromatic rings. The number of hydrogen-bond acceptors (Lipinski definition) is 2. The Morgan fingerprint density at radius 1 is 1.41 bits per heavy atom. The van der Waals surface area contributed by atoms with Crippen LogP contribution in [0.1, 0.15) is 15.9 Å². The normalized spacial score (nSPS) is 10.5. The van der Waals surface area contributed by atoms with Crippen molar-refractivity contribution in [2.45, 2.75) is 6.42 Å². The molecule has 0 aliphatic carbocycles. The zero-order valence-electron chi connectivity index (χ0n) is 8.54. The third-order valence-corrected chi connectivity index (χ3v) is 4.89. The molecule has 17 heavy (non-hydrogen) atoms. The zero-order valence-corrected chi connectivity index (χ0v) is 13.9. The van der Waals surface area contributed by atoms with E-state index in [1.54, 1.807) is 11.3 Å². The fourth-order valence-electron chi connectivity index (χ4n) is 1.40. The standard InChI is InChI=1S/C12H7BrClIOS/c13-9-2-1-7(10(14)5-9)3-11(16)8-4-12(15)17-6-8/h1-2,4-6H,3H2. The van der Waals surface area contributed by atoms with Gasteiger partial charge in [0.15, 0.2) is 5.78 Å². The monoisotopic (exact) mass is 440 g/mol. The predicted octanol–water partition coefficient (Wildman–Crippen LogP) is 5.19. The topological polar surface area (TPSA) is 17.1 Å². The number of thiophene rings is 1. The Bertz CT molecular complexity index is 567. The number of hydrogen-bond donors (Lipinski definition) is 0. The van der Waals surface area contributed by atoms with Crippen LogP contribution in [0.4, 0.5) is 0 Å². The van der Waals surface area contributed by atoms with E-state index in [1.807, 2.05) is 29.6 Å². The first-order valence-corrected chi connectivity index (χ1v) is 7.90. The summed E-state index contributed by atoms with van der Waals surface area (Å²) in [6.45, 7) is 0. The van der Waals surface area contributed by atoms with Gasteiger partial charge in [0.2, 0.25) is 0 Å². The Morgan fingerprint density at radius 3 is 2.76 bits per heavy atom. The first-order chi connectivity index (χ1) is 8.06. The van der Waals surface area contributed by atoms with Gasteiger partial charge in [0, 0.05) is 26.9 Å². The molecule has 0 unspecified atom stereocenters. The number of ketones is 1. The average Bonchev–Trinajstić information content (AvgIpc) is 2.69. The lowest BCUT2D eigenvalue weighted by atomic mass is 10.1. The number of halogens is 3. The van der Waals surface area contributed by atoms with E-state index in [0.717, 1.165) is 18.5 Å². The van der Waals surface area contributed by atoms with Gasteiger partial charge in [0.1, 0.15) is 0 Å². The predicted molar refractivity (Wildman–Crippen MR) is 84.2 cm³/mol. The number of Topliss-reactive ketones (excluding diaryl/α,β-unsaturated/α-hetero) is 1. The quantitative estimate of drug-likeness (QED) is 0.473. The second-order valence-corrected chi connectivity index (χ2v) is 7.60. The van der Waals surface area contributed by atoms with Crippen LogP contribution in [0.5, 0.6) is 0 Å². The highest BCUT2D eigenvalue weighted by molar-refractivity contribution is 14.1. The van der Waals surface area contributed by atoms with Gasteiger partial charge in [-0.15, -0.1) is 11.3 Å². The van der Waals surface area contributed by atoms with Crippen molar-refractivity contribution in [3.05, 3.63) is 53.2 Å². The Balaban J connectivity index is 2.18. The maximum absolute atomic E-state index is 12.0. The van der Waals surface area contributed by atoms with E-state index in [-0.39, 0.29) is 5.78 Å². The largest absolute Gasteiger partial charge is 0.294 e. The molecule has 1 aromatic carbocycles. The summed E-state index contributed by atoms with van der Waals surface area (Å²) in [5.41, 5.74) is 1.62. The highest BCUT2D eigenvalue weighted by Gasteiger charge is 2.11. The third kappa shape index (κ3) is 3.53. The minimum Gasteiger partial charge on any atom is -0.294 e. The first-order valence-electron chi connectivity index (χ1n) is 4.77. The second kappa shape index (κ2) is 5.82. The van der Waals surface area contributed by atoms with E-state index in [9.17, 15) is 4.79 Å². The Labute approximate surface area is 130 Å². The van der Waals surface area contributed by atoms with E-state index in [4.69, 9.17) is 11.6 Å². The van der Waals surface area contributed by atoms with Crippen LogP contribution in [0.25, 0.3) is 0 Å². The summed E-state index contributed by atoms with van der Waals surface area (Å²) < 4.78 is 2.04. The molecule has 0 radical (unpaired) electrons. The number of rotatable bonds is 3. The molecule has 88 valence electrons. The fourth-order valence-corrected chi connectivity index (χ4v) is 3.49. The smallest absolute Gasteiger partial charge is 0.168 e. The maximum Gasteiger partial charge on any atom is 0.168 e. The summed E-state index contributed by atoms with van der Waals surface area (Å²) in [5.74, 6) is 0.105. The van der Waals surface area contributed by atoms with Gasteiger partial charge >= 0.3 is 0 Å². The van der Waals surface area contributed by atoms with E-state index < -0.39 is 0 Å². The summed E-state index contributed by atoms with van der Waals surface area (Å²) in [6, 6.07) is 7.48. The van der Waals surface area contributed by atoms with Crippen molar-refractivity contribution < 1.29 is 4.79 Å². The van der Waals surface area contributed by atoms with Gasteiger partial charge in [-0.25, -0.2) is 0 Å². The SMILES string of the molecule is O=C(Cc1ccc(Br)cc1Cl)c1csc(I)c1. The maximum atomic E-state index is 12.0. The fraction of sp³-hybridized carbons (Fsp3) is 0.0833. The van der Waals surface area contributed by atoms with Crippen LogP contribution in [0.3, 0.4) is 0 Å². The van der Waals surface area contributed by atoms with E-state index in [0.29, 0.717) is 11.4 Å². The van der Waals surface area contributed by atoms with Crippen LogP contribution in [0.15, 0.2) is 34.1 Å². The zero-order chi connectivity index (χ0) is 12.4. The van der Waals surface area contributed by atoms with Crippen molar-refractivity contribution in [1.82, 2.24) is 0 Å². The van der Waals surface area contributed by atoms with Gasteiger partial charge in [0.25, 0.3) is 0 Å². The molecule has 1 aromatic heterocycles. The average molecular weight is 442 g/mol. The molecule has 0 N–H and O–H groups in total. The van der Waals surface area contributed by atoms with Crippen LogP contribution in [-0.4, -0.2) is 5.78 Å². The number of carbonyl (C=O) groups is 1. The van der Waals surface area contributed by atoms with Crippen LogP contribution in [-0.2, 0) is 6.42 Å². The molecule has 0 aliphatic heterocycles. The summed E-state index contributed by atoms with van der Waals surface area (Å²) >= 11 is 13.2. The molecule has 0 saturated heterocycles. The van der Waals surface area contributed by atoms with Gasteiger partial charge < -0.3 is 0 Å². The molecule has 0 amide bonds. The van der Waals surface area contributed by atoms with Gasteiger partial charge in [-0.3, -0.25) is 4.79 Å². The number of carbonyl (C=O) groups excluding carboxylic acids is 1. The van der Waals surface area contributed by atoms with Gasteiger partial charge in [-0.05, 0) is 46.4 Å². The van der Waals surface area contributed by atoms with Crippen molar-refractivity contribution >= 4 is 67.2 Å². The molecule has 2 rings (SSSR count). The van der Waals surface area contributed by atoms with Gasteiger partial charge in [0.05, 0.1) is 2.88 Å². The summed E-state index contributed by atoms with van der Waals surface area (Å²) in [6.07, 6.45) is 0.346. The highest BCUT2D eigenvalue weighted by Crippen LogP contribution is 2.24. The molecule has 0 spiro atoms. The lowest BCUT2D eigenvalue weighted by Crippen LogP contribution is -2.02. The van der Waals surface area contributed by atoms with Gasteiger partial charge in [-0.2, -0.15) is 0 Å². The van der Waals surface area contributed by atoms with Crippen LogP contribution in [0, 0.1) is 2.88 Å². The molecule has 0 aliphatic rings. The molecule has 0 fully saturated rings. The highest BCUT2D eigenvalue weighted by atomic mass is 127. The number of benzene rings is 1.